The van der Waals surface area contributed by atoms with Gasteiger partial charge in [-0.2, -0.15) is 0 Å². The molecule has 2 N–H and O–H groups in total. The molecule has 0 aliphatic heterocycles. The average Bonchev–Trinajstić information content (AvgIpc) is 2.34. The highest BCUT2D eigenvalue weighted by Gasteiger charge is 2.03. The number of ether oxygens (including phenoxy) is 1. The normalized spacial score (nSPS) is 10.2. The number of likely N-dealkylation sites (N-methyl/N-ethyl adjacent to an activating group) is 1. The van der Waals surface area contributed by atoms with Crippen LogP contribution in [-0.4, -0.2) is 32.2 Å². The number of allylic oxidation sites excluding steroid dienone is 1. The molecule has 5 nitrogen and oxygen atoms in total. The van der Waals surface area contributed by atoms with Crippen LogP contribution >= 0.6 is 0 Å². The Kier molecular flexibility index (Phi) is 10.00. The minimum Gasteiger partial charge on any atom is -0.439 e. The minimum atomic E-state index is -0.577. The summed E-state index contributed by atoms with van der Waals surface area (Å²) in [6, 6.07) is 0. The maximum absolute atomic E-state index is 11.1. The summed E-state index contributed by atoms with van der Waals surface area (Å²) < 4.78 is 4.64. The van der Waals surface area contributed by atoms with Crippen molar-refractivity contribution in [3.63, 3.8) is 0 Å². The summed E-state index contributed by atoms with van der Waals surface area (Å²) in [5.41, 5.74) is 0. The predicted octanol–water partition coefficient (Wildman–Crippen LogP) is 1.60. The van der Waals surface area contributed by atoms with Crippen LogP contribution in [0.25, 0.3) is 0 Å². The number of nitrogens with one attached hydrogen (secondary N) is 2. The summed E-state index contributed by atoms with van der Waals surface area (Å²) in [6.45, 7) is 2.34. The summed E-state index contributed by atoms with van der Waals surface area (Å²) in [4.78, 5) is 21.8. The molecule has 0 aromatic carbocycles. The van der Waals surface area contributed by atoms with Gasteiger partial charge in [0.25, 0.3) is 5.91 Å². The number of carbonyl (C=O) groups excluding carboxylic acids is 2. The number of alkyl carbamates (subject to hydrolysis) is 1. The highest BCUT2D eigenvalue weighted by molar-refractivity contribution is 5.79. The maximum Gasteiger partial charge on any atom is 0.407 e. The molecule has 0 spiro atoms. The first-order chi connectivity index (χ1) is 8.20. The van der Waals surface area contributed by atoms with E-state index in [1.165, 1.54) is 26.3 Å². The number of amides is 2. The first-order valence-corrected chi connectivity index (χ1v) is 5.97. The van der Waals surface area contributed by atoms with E-state index in [4.69, 9.17) is 0 Å². The molecule has 0 aromatic heterocycles. The fourth-order valence-corrected chi connectivity index (χ4v) is 1.11. The Balaban J connectivity index is 3.41. The topological polar surface area (TPSA) is 67.4 Å². The van der Waals surface area contributed by atoms with Crippen molar-refractivity contribution in [2.75, 3.05) is 20.2 Å². The van der Waals surface area contributed by atoms with E-state index in [9.17, 15) is 9.59 Å². The zero-order valence-electron chi connectivity index (χ0n) is 10.6. The summed E-state index contributed by atoms with van der Waals surface area (Å²) >= 11 is 0. The van der Waals surface area contributed by atoms with Crippen molar-refractivity contribution in [3.05, 3.63) is 12.2 Å². The fraction of sp³-hybridized carbons (Fsp3) is 0.667. The first kappa shape index (κ1) is 15.5. The Morgan fingerprint density at radius 3 is 2.65 bits per heavy atom. The SMILES string of the molecule is CCCCC/C=C/CNC(=O)OCC(=O)NC. The molecule has 2 amide bonds. The Morgan fingerprint density at radius 2 is 2.00 bits per heavy atom. The summed E-state index contributed by atoms with van der Waals surface area (Å²) in [5.74, 6) is -0.324. The van der Waals surface area contributed by atoms with E-state index in [0.717, 1.165) is 6.42 Å². The lowest BCUT2D eigenvalue weighted by Gasteiger charge is -2.03. The standard InChI is InChI=1S/C12H22N2O3/c1-3-4-5-6-7-8-9-14-12(16)17-10-11(15)13-2/h7-8H,3-6,9-10H2,1-2H3,(H,13,15)(H,14,16)/b8-7+. The third kappa shape index (κ3) is 10.8. The number of hydrogen-bond donors (Lipinski definition) is 2. The second-order valence-corrected chi connectivity index (χ2v) is 3.60. The second-order valence-electron chi connectivity index (χ2n) is 3.60. The number of unbranched alkanes of at least 4 members (excludes halogenated alkanes) is 3. The second kappa shape index (κ2) is 11.0. The van der Waals surface area contributed by atoms with Gasteiger partial charge < -0.3 is 15.4 Å². The molecule has 0 aliphatic carbocycles. The molecule has 0 rings (SSSR count). The molecule has 0 fully saturated rings. The molecule has 0 saturated carbocycles. The number of rotatable bonds is 8. The third-order valence-corrected chi connectivity index (χ3v) is 2.12. The van der Waals surface area contributed by atoms with E-state index in [1.807, 2.05) is 12.2 Å². The lowest BCUT2D eigenvalue weighted by Crippen LogP contribution is -2.30. The molecule has 0 aliphatic rings. The molecular weight excluding hydrogens is 220 g/mol. The zero-order chi connectivity index (χ0) is 12.9. The summed E-state index contributed by atoms with van der Waals surface area (Å²) in [7, 11) is 1.49. The van der Waals surface area contributed by atoms with Gasteiger partial charge in [0.2, 0.25) is 0 Å². The highest BCUT2D eigenvalue weighted by atomic mass is 16.6. The lowest BCUT2D eigenvalue weighted by molar-refractivity contribution is -0.123. The summed E-state index contributed by atoms with van der Waals surface area (Å²) in [6.07, 6.45) is 7.98. The van der Waals surface area contributed by atoms with Crippen LogP contribution in [0.3, 0.4) is 0 Å². The van der Waals surface area contributed by atoms with E-state index in [0.29, 0.717) is 6.54 Å². The molecule has 0 saturated heterocycles. The Morgan fingerprint density at radius 1 is 1.24 bits per heavy atom. The monoisotopic (exact) mass is 242 g/mol. The minimum absolute atomic E-state index is 0.247. The van der Waals surface area contributed by atoms with Crippen LogP contribution < -0.4 is 10.6 Å². The number of carbonyl (C=O) groups is 2. The molecule has 0 aromatic rings. The van der Waals surface area contributed by atoms with Gasteiger partial charge in [-0.25, -0.2) is 4.79 Å². The van der Waals surface area contributed by atoms with Crippen LogP contribution in [0.15, 0.2) is 12.2 Å². The van der Waals surface area contributed by atoms with Gasteiger partial charge in [-0.3, -0.25) is 4.79 Å². The van der Waals surface area contributed by atoms with Crippen LogP contribution in [0.5, 0.6) is 0 Å². The van der Waals surface area contributed by atoms with Gasteiger partial charge in [-0.1, -0.05) is 31.9 Å². The van der Waals surface area contributed by atoms with Crippen LogP contribution in [0.4, 0.5) is 4.79 Å². The fourth-order valence-electron chi connectivity index (χ4n) is 1.11. The van der Waals surface area contributed by atoms with Crippen molar-refractivity contribution in [3.8, 4) is 0 Å². The molecule has 0 radical (unpaired) electrons. The van der Waals surface area contributed by atoms with E-state index >= 15 is 0 Å². The molecular formula is C12H22N2O3. The average molecular weight is 242 g/mol. The largest absolute Gasteiger partial charge is 0.439 e. The number of hydrogen-bond acceptors (Lipinski definition) is 3. The Labute approximate surface area is 103 Å². The first-order valence-electron chi connectivity index (χ1n) is 5.97. The molecule has 98 valence electrons. The van der Waals surface area contributed by atoms with Crippen molar-refractivity contribution >= 4 is 12.0 Å². The van der Waals surface area contributed by atoms with E-state index in [-0.39, 0.29) is 12.5 Å². The molecule has 5 heteroatoms. The van der Waals surface area contributed by atoms with Crippen LogP contribution in [0.1, 0.15) is 32.6 Å². The van der Waals surface area contributed by atoms with Gasteiger partial charge >= 0.3 is 6.09 Å². The van der Waals surface area contributed by atoms with Crippen molar-refractivity contribution < 1.29 is 14.3 Å². The van der Waals surface area contributed by atoms with Gasteiger partial charge in [-0.15, -0.1) is 0 Å². The van der Waals surface area contributed by atoms with Crippen molar-refractivity contribution in [2.45, 2.75) is 32.6 Å². The van der Waals surface area contributed by atoms with Gasteiger partial charge in [0.05, 0.1) is 0 Å². The van der Waals surface area contributed by atoms with Crippen molar-refractivity contribution in [1.82, 2.24) is 10.6 Å². The van der Waals surface area contributed by atoms with E-state index < -0.39 is 6.09 Å². The van der Waals surface area contributed by atoms with Crippen molar-refractivity contribution in [2.24, 2.45) is 0 Å². The van der Waals surface area contributed by atoms with E-state index in [2.05, 4.69) is 22.3 Å². The van der Waals surface area contributed by atoms with Gasteiger partial charge in [0, 0.05) is 13.6 Å². The van der Waals surface area contributed by atoms with Crippen LogP contribution in [0.2, 0.25) is 0 Å². The Bertz CT molecular complexity index is 252. The van der Waals surface area contributed by atoms with Crippen LogP contribution in [0, 0.1) is 0 Å². The molecule has 17 heavy (non-hydrogen) atoms. The molecule has 0 heterocycles. The smallest absolute Gasteiger partial charge is 0.407 e. The van der Waals surface area contributed by atoms with E-state index in [1.54, 1.807) is 0 Å². The quantitative estimate of drug-likeness (QED) is 0.502. The van der Waals surface area contributed by atoms with Gasteiger partial charge in [0.15, 0.2) is 6.61 Å². The zero-order valence-corrected chi connectivity index (χ0v) is 10.6. The van der Waals surface area contributed by atoms with Gasteiger partial charge in [0.1, 0.15) is 0 Å². The highest BCUT2D eigenvalue weighted by Crippen LogP contribution is 1.98. The Hall–Kier alpha value is -1.52. The lowest BCUT2D eigenvalue weighted by atomic mass is 10.2. The molecule has 0 unspecified atom stereocenters. The summed E-state index contributed by atoms with van der Waals surface area (Å²) in [5, 5.41) is 4.88. The molecule has 0 bridgehead atoms. The van der Waals surface area contributed by atoms with Crippen molar-refractivity contribution in [1.29, 1.82) is 0 Å². The third-order valence-electron chi connectivity index (χ3n) is 2.12. The van der Waals surface area contributed by atoms with Gasteiger partial charge in [-0.05, 0) is 12.8 Å². The maximum atomic E-state index is 11.1. The predicted molar refractivity (Wildman–Crippen MR) is 66.7 cm³/mol. The van der Waals surface area contributed by atoms with Crippen LogP contribution in [-0.2, 0) is 9.53 Å². The molecule has 0 atom stereocenters.